The van der Waals surface area contributed by atoms with E-state index in [1.807, 2.05) is 20.8 Å². The first-order chi connectivity index (χ1) is 13.7. The number of Topliss-reactive ketones (excluding diaryl/α,β-unsaturated/α-hetero) is 1. The summed E-state index contributed by atoms with van der Waals surface area (Å²) in [4.78, 5) is 35.5. The summed E-state index contributed by atoms with van der Waals surface area (Å²) in [6.07, 6.45) is 0. The lowest BCUT2D eigenvalue weighted by Gasteiger charge is -2.14. The molecule has 0 aliphatic carbocycles. The van der Waals surface area contributed by atoms with Crippen molar-refractivity contribution in [2.75, 3.05) is 5.32 Å². The molecule has 8 heteroatoms. The second-order valence-electron chi connectivity index (χ2n) is 7.50. The summed E-state index contributed by atoms with van der Waals surface area (Å²) < 4.78 is 1.39. The molecule has 0 fully saturated rings. The van der Waals surface area contributed by atoms with E-state index in [1.54, 1.807) is 42.5 Å². The average molecular weight is 392 g/mol. The molecule has 1 N–H and O–H groups in total. The van der Waals surface area contributed by atoms with Crippen molar-refractivity contribution in [1.29, 1.82) is 0 Å². The minimum Gasteiger partial charge on any atom is -0.304 e. The van der Waals surface area contributed by atoms with Crippen molar-refractivity contribution in [2.45, 2.75) is 26.2 Å². The maximum atomic E-state index is 12.5. The fourth-order valence-corrected chi connectivity index (χ4v) is 2.67. The first-order valence-corrected chi connectivity index (χ1v) is 8.93. The second kappa shape index (κ2) is 7.67. The number of amides is 1. The van der Waals surface area contributed by atoms with Crippen LogP contribution in [0.3, 0.4) is 0 Å². The molecule has 0 saturated heterocycles. The molecule has 0 aliphatic heterocycles. The topological polar surface area (TPSA) is 107 Å². The summed E-state index contributed by atoms with van der Waals surface area (Å²) in [5.41, 5.74) is 0.883. The van der Waals surface area contributed by atoms with Gasteiger partial charge in [0.15, 0.2) is 0 Å². The molecule has 1 amide bonds. The number of carbonyl (C=O) groups excluding carboxylic acids is 2. The number of carbonyl (C=O) groups is 2. The van der Waals surface area contributed by atoms with Crippen molar-refractivity contribution in [2.24, 2.45) is 0 Å². The fraction of sp³-hybridized carbons (Fsp3) is 0.190. The second-order valence-corrected chi connectivity index (χ2v) is 7.50. The van der Waals surface area contributed by atoms with Crippen LogP contribution in [-0.2, 0) is 10.2 Å². The van der Waals surface area contributed by atoms with Gasteiger partial charge in [-0.15, -0.1) is 0 Å². The number of benzene rings is 2. The van der Waals surface area contributed by atoms with E-state index in [0.29, 0.717) is 11.4 Å². The molecule has 0 saturated carbocycles. The van der Waals surface area contributed by atoms with Crippen molar-refractivity contribution < 1.29 is 14.5 Å². The minimum atomic E-state index is -0.816. The standard InChI is InChI=1S/C21H20N4O4/c1-21(2,3)17-13-18(22-20(27)19(26)14-8-5-4-6-9-14)24(23-17)15-10-7-11-16(12-15)25(28)29/h4-13H,1-3H3,(H,22,27). The van der Waals surface area contributed by atoms with Crippen LogP contribution in [0.4, 0.5) is 11.5 Å². The Morgan fingerprint density at radius 1 is 1.03 bits per heavy atom. The van der Waals surface area contributed by atoms with Crippen LogP contribution in [0.25, 0.3) is 5.69 Å². The highest BCUT2D eigenvalue weighted by atomic mass is 16.6. The van der Waals surface area contributed by atoms with Crippen LogP contribution in [0.1, 0.15) is 36.8 Å². The lowest BCUT2D eigenvalue weighted by Crippen LogP contribution is -2.24. The van der Waals surface area contributed by atoms with E-state index in [-0.39, 0.29) is 22.5 Å². The highest BCUT2D eigenvalue weighted by Crippen LogP contribution is 2.27. The van der Waals surface area contributed by atoms with Gasteiger partial charge in [0.2, 0.25) is 0 Å². The quantitative estimate of drug-likeness (QED) is 0.307. The first-order valence-electron chi connectivity index (χ1n) is 8.93. The molecule has 3 aromatic rings. The van der Waals surface area contributed by atoms with Crippen LogP contribution in [0.2, 0.25) is 0 Å². The maximum absolute atomic E-state index is 12.5. The van der Waals surface area contributed by atoms with Gasteiger partial charge in [-0.05, 0) is 6.07 Å². The number of nitrogens with one attached hydrogen (secondary N) is 1. The van der Waals surface area contributed by atoms with Crippen LogP contribution >= 0.6 is 0 Å². The van der Waals surface area contributed by atoms with Gasteiger partial charge in [-0.25, -0.2) is 4.68 Å². The lowest BCUT2D eigenvalue weighted by atomic mass is 9.92. The summed E-state index contributed by atoms with van der Waals surface area (Å²) in [7, 11) is 0. The van der Waals surface area contributed by atoms with E-state index >= 15 is 0 Å². The van der Waals surface area contributed by atoms with Gasteiger partial charge in [-0.2, -0.15) is 5.10 Å². The predicted molar refractivity (Wildman–Crippen MR) is 108 cm³/mol. The lowest BCUT2D eigenvalue weighted by molar-refractivity contribution is -0.384. The number of nitrogens with zero attached hydrogens (tertiary/aromatic N) is 3. The van der Waals surface area contributed by atoms with Gasteiger partial charge in [0, 0.05) is 29.2 Å². The van der Waals surface area contributed by atoms with Crippen LogP contribution in [-0.4, -0.2) is 26.4 Å². The van der Waals surface area contributed by atoms with Gasteiger partial charge in [0.25, 0.3) is 17.4 Å². The Labute approximate surface area is 167 Å². The van der Waals surface area contributed by atoms with E-state index in [4.69, 9.17) is 0 Å². The molecule has 8 nitrogen and oxygen atoms in total. The van der Waals surface area contributed by atoms with E-state index in [9.17, 15) is 19.7 Å². The van der Waals surface area contributed by atoms with E-state index < -0.39 is 16.6 Å². The Bertz CT molecular complexity index is 1080. The number of nitro groups is 1. The number of rotatable bonds is 5. The average Bonchev–Trinajstić information content (AvgIpc) is 3.12. The summed E-state index contributed by atoms with van der Waals surface area (Å²) in [6.45, 7) is 5.86. The van der Waals surface area contributed by atoms with Crippen molar-refractivity contribution in [3.8, 4) is 5.69 Å². The normalized spacial score (nSPS) is 11.1. The van der Waals surface area contributed by atoms with Gasteiger partial charge in [0.1, 0.15) is 5.82 Å². The summed E-state index contributed by atoms with van der Waals surface area (Å²) >= 11 is 0. The highest BCUT2D eigenvalue weighted by Gasteiger charge is 2.24. The van der Waals surface area contributed by atoms with E-state index in [1.165, 1.54) is 22.9 Å². The van der Waals surface area contributed by atoms with Gasteiger partial charge in [-0.1, -0.05) is 57.2 Å². The van der Waals surface area contributed by atoms with Crippen molar-refractivity contribution in [1.82, 2.24) is 9.78 Å². The molecule has 29 heavy (non-hydrogen) atoms. The largest absolute Gasteiger partial charge is 0.304 e. The molecule has 0 aliphatic rings. The Morgan fingerprint density at radius 2 is 1.72 bits per heavy atom. The number of hydrogen-bond acceptors (Lipinski definition) is 5. The third kappa shape index (κ3) is 4.37. The summed E-state index contributed by atoms with van der Waals surface area (Å²) in [5.74, 6) is -1.25. The van der Waals surface area contributed by atoms with Crippen LogP contribution < -0.4 is 5.32 Å². The van der Waals surface area contributed by atoms with Gasteiger partial charge < -0.3 is 5.32 Å². The molecular weight excluding hydrogens is 372 g/mol. The number of hydrogen-bond donors (Lipinski definition) is 1. The van der Waals surface area contributed by atoms with Crippen LogP contribution in [0, 0.1) is 10.1 Å². The molecule has 148 valence electrons. The van der Waals surface area contributed by atoms with Crippen molar-refractivity contribution in [3.63, 3.8) is 0 Å². The molecule has 1 heterocycles. The molecule has 0 spiro atoms. The molecule has 0 atom stereocenters. The van der Waals surface area contributed by atoms with Crippen LogP contribution in [0.5, 0.6) is 0 Å². The summed E-state index contributed by atoms with van der Waals surface area (Å²) in [5, 5.41) is 18.2. The molecule has 3 rings (SSSR count). The molecule has 2 aromatic carbocycles. The van der Waals surface area contributed by atoms with Crippen molar-refractivity contribution >= 4 is 23.2 Å². The molecular formula is C21H20N4O4. The van der Waals surface area contributed by atoms with Gasteiger partial charge in [0.05, 0.1) is 16.3 Å². The fourth-order valence-electron chi connectivity index (χ4n) is 2.67. The number of anilines is 1. The van der Waals surface area contributed by atoms with Crippen LogP contribution in [0.15, 0.2) is 60.7 Å². The maximum Gasteiger partial charge on any atom is 0.297 e. The smallest absolute Gasteiger partial charge is 0.297 e. The Balaban J connectivity index is 2.00. The Kier molecular flexibility index (Phi) is 5.27. The number of ketones is 1. The highest BCUT2D eigenvalue weighted by molar-refractivity contribution is 6.46. The van der Waals surface area contributed by atoms with Crippen molar-refractivity contribution in [3.05, 3.63) is 82.0 Å². The zero-order valence-electron chi connectivity index (χ0n) is 16.2. The molecule has 0 unspecified atom stereocenters. The molecule has 0 radical (unpaired) electrons. The first kappa shape index (κ1) is 19.9. The third-order valence-corrected chi connectivity index (χ3v) is 4.25. The van der Waals surface area contributed by atoms with E-state index in [0.717, 1.165) is 0 Å². The predicted octanol–water partition coefficient (Wildman–Crippen LogP) is 3.90. The number of nitro benzene ring substituents is 1. The SMILES string of the molecule is CC(C)(C)c1cc(NC(=O)C(=O)c2ccccc2)n(-c2cccc([N+](=O)[O-])c2)n1. The number of non-ortho nitro benzene ring substituents is 1. The minimum absolute atomic E-state index is 0.104. The Hall–Kier alpha value is -3.81. The van der Waals surface area contributed by atoms with Gasteiger partial charge >= 0.3 is 0 Å². The van der Waals surface area contributed by atoms with E-state index in [2.05, 4.69) is 10.4 Å². The zero-order valence-corrected chi connectivity index (χ0v) is 16.2. The molecule has 0 bridgehead atoms. The Morgan fingerprint density at radius 3 is 2.34 bits per heavy atom. The number of aromatic nitrogens is 2. The zero-order chi connectivity index (χ0) is 21.2. The monoisotopic (exact) mass is 392 g/mol. The molecule has 1 aromatic heterocycles. The summed E-state index contributed by atoms with van der Waals surface area (Å²) in [6, 6.07) is 15.8. The third-order valence-electron chi connectivity index (χ3n) is 4.25. The van der Waals surface area contributed by atoms with Gasteiger partial charge in [-0.3, -0.25) is 19.7 Å².